The third-order valence-corrected chi connectivity index (χ3v) is 3.87. The Labute approximate surface area is 128 Å². The van der Waals surface area contributed by atoms with E-state index in [2.05, 4.69) is 56.0 Å². The first-order valence-electron chi connectivity index (χ1n) is 7.71. The molecule has 0 saturated carbocycles. The van der Waals surface area contributed by atoms with Crippen LogP contribution in [0.3, 0.4) is 0 Å². The fourth-order valence-corrected chi connectivity index (χ4v) is 2.64. The van der Waals surface area contributed by atoms with E-state index in [1.807, 2.05) is 12.1 Å². The molecule has 0 bridgehead atoms. The first-order chi connectivity index (χ1) is 10.1. The van der Waals surface area contributed by atoms with Gasteiger partial charge in [0.1, 0.15) is 0 Å². The molecule has 2 heteroatoms. The van der Waals surface area contributed by atoms with Gasteiger partial charge in [-0.3, -0.25) is 4.90 Å². The smallest absolute Gasteiger partial charge is 0.0317 e. The third kappa shape index (κ3) is 4.61. The van der Waals surface area contributed by atoms with E-state index in [9.17, 15) is 0 Å². The zero-order valence-corrected chi connectivity index (χ0v) is 13.4. The standard InChI is InChI=1S/C19H26N2/c1-4-10-21(13-17-6-5-7-19(20)12-17)14-18-9-8-15(2)16(3)11-18/h5-9,11-12H,4,10,13-14,20H2,1-3H3. The fourth-order valence-electron chi connectivity index (χ4n) is 2.64. The molecule has 0 amide bonds. The number of hydrogen-bond acceptors (Lipinski definition) is 2. The van der Waals surface area contributed by atoms with Crippen LogP contribution in [0.1, 0.15) is 35.6 Å². The van der Waals surface area contributed by atoms with Gasteiger partial charge in [-0.2, -0.15) is 0 Å². The molecule has 2 nitrogen and oxygen atoms in total. The molecule has 0 aliphatic heterocycles. The largest absolute Gasteiger partial charge is 0.399 e. The van der Waals surface area contributed by atoms with Crippen molar-refractivity contribution >= 4 is 5.69 Å². The van der Waals surface area contributed by atoms with Gasteiger partial charge in [0.25, 0.3) is 0 Å². The van der Waals surface area contributed by atoms with E-state index in [1.165, 1.54) is 22.3 Å². The normalized spacial score (nSPS) is 11.0. The van der Waals surface area contributed by atoms with Gasteiger partial charge in [-0.15, -0.1) is 0 Å². The number of benzene rings is 2. The van der Waals surface area contributed by atoms with E-state index in [0.29, 0.717) is 0 Å². The lowest BCUT2D eigenvalue weighted by atomic mass is 10.1. The van der Waals surface area contributed by atoms with Crippen LogP contribution in [-0.2, 0) is 13.1 Å². The second-order valence-electron chi connectivity index (χ2n) is 5.87. The second kappa shape index (κ2) is 7.28. The van der Waals surface area contributed by atoms with E-state index in [4.69, 9.17) is 5.73 Å². The molecule has 2 aromatic rings. The molecule has 0 aliphatic carbocycles. The number of nitrogens with two attached hydrogens (primary N) is 1. The predicted octanol–water partition coefficient (Wildman–Crippen LogP) is 4.30. The highest BCUT2D eigenvalue weighted by Crippen LogP contribution is 2.15. The molecule has 21 heavy (non-hydrogen) atoms. The van der Waals surface area contributed by atoms with Crippen LogP contribution in [0, 0.1) is 13.8 Å². The summed E-state index contributed by atoms with van der Waals surface area (Å²) < 4.78 is 0. The van der Waals surface area contributed by atoms with Gasteiger partial charge in [0.15, 0.2) is 0 Å². The Morgan fingerprint density at radius 2 is 1.62 bits per heavy atom. The van der Waals surface area contributed by atoms with E-state index < -0.39 is 0 Å². The monoisotopic (exact) mass is 282 g/mol. The summed E-state index contributed by atoms with van der Waals surface area (Å²) >= 11 is 0. The molecule has 0 aromatic heterocycles. The molecule has 112 valence electrons. The van der Waals surface area contributed by atoms with Crippen LogP contribution in [0.2, 0.25) is 0 Å². The minimum Gasteiger partial charge on any atom is -0.399 e. The fraction of sp³-hybridized carbons (Fsp3) is 0.368. The minimum atomic E-state index is 0.843. The summed E-state index contributed by atoms with van der Waals surface area (Å²) in [4.78, 5) is 2.48. The zero-order valence-electron chi connectivity index (χ0n) is 13.4. The number of rotatable bonds is 6. The summed E-state index contributed by atoms with van der Waals surface area (Å²) in [5.74, 6) is 0. The summed E-state index contributed by atoms with van der Waals surface area (Å²) in [7, 11) is 0. The Hall–Kier alpha value is -1.80. The van der Waals surface area contributed by atoms with Gasteiger partial charge in [-0.1, -0.05) is 37.3 Å². The van der Waals surface area contributed by atoms with Crippen LogP contribution in [-0.4, -0.2) is 11.4 Å². The van der Waals surface area contributed by atoms with Gasteiger partial charge in [-0.05, 0) is 61.2 Å². The van der Waals surface area contributed by atoms with Crippen LogP contribution in [0.5, 0.6) is 0 Å². The van der Waals surface area contributed by atoms with Crippen LogP contribution >= 0.6 is 0 Å². The predicted molar refractivity (Wildman–Crippen MR) is 91.2 cm³/mol. The molecular weight excluding hydrogens is 256 g/mol. The minimum absolute atomic E-state index is 0.843. The quantitative estimate of drug-likeness (QED) is 0.800. The van der Waals surface area contributed by atoms with Crippen molar-refractivity contribution in [1.29, 1.82) is 0 Å². The summed E-state index contributed by atoms with van der Waals surface area (Å²) in [6, 6.07) is 15.0. The van der Waals surface area contributed by atoms with Crippen molar-refractivity contribution in [3.63, 3.8) is 0 Å². The average Bonchev–Trinajstić information content (AvgIpc) is 2.43. The highest BCUT2D eigenvalue weighted by atomic mass is 15.1. The number of aryl methyl sites for hydroxylation is 2. The summed E-state index contributed by atoms with van der Waals surface area (Å²) in [5, 5.41) is 0. The molecule has 0 aliphatic rings. The lowest BCUT2D eigenvalue weighted by molar-refractivity contribution is 0.257. The van der Waals surface area contributed by atoms with Crippen molar-refractivity contribution in [3.05, 3.63) is 64.7 Å². The van der Waals surface area contributed by atoms with E-state index in [1.54, 1.807) is 0 Å². The zero-order chi connectivity index (χ0) is 15.2. The Morgan fingerprint density at radius 1 is 0.905 bits per heavy atom. The van der Waals surface area contributed by atoms with Gasteiger partial charge in [0.05, 0.1) is 0 Å². The third-order valence-electron chi connectivity index (χ3n) is 3.87. The van der Waals surface area contributed by atoms with Crippen LogP contribution in [0.4, 0.5) is 5.69 Å². The summed E-state index contributed by atoms with van der Waals surface area (Å²) in [5.41, 5.74) is 12.1. The van der Waals surface area contributed by atoms with E-state index >= 15 is 0 Å². The van der Waals surface area contributed by atoms with Crippen molar-refractivity contribution in [1.82, 2.24) is 4.90 Å². The average molecular weight is 282 g/mol. The first kappa shape index (κ1) is 15.6. The second-order valence-corrected chi connectivity index (χ2v) is 5.87. The number of hydrogen-bond donors (Lipinski definition) is 1. The molecule has 0 heterocycles. The van der Waals surface area contributed by atoms with Gasteiger partial charge in [0.2, 0.25) is 0 Å². The first-order valence-corrected chi connectivity index (χ1v) is 7.71. The Morgan fingerprint density at radius 3 is 2.24 bits per heavy atom. The molecule has 0 unspecified atom stereocenters. The Kier molecular flexibility index (Phi) is 5.40. The number of nitrogens with zero attached hydrogens (tertiary/aromatic N) is 1. The highest BCUT2D eigenvalue weighted by molar-refractivity contribution is 5.40. The van der Waals surface area contributed by atoms with Crippen LogP contribution in [0.25, 0.3) is 0 Å². The SMILES string of the molecule is CCCN(Cc1cccc(N)c1)Cc1ccc(C)c(C)c1. The molecule has 0 saturated heterocycles. The number of nitrogen functional groups attached to an aromatic ring is 1. The van der Waals surface area contributed by atoms with Crippen molar-refractivity contribution in [3.8, 4) is 0 Å². The summed E-state index contributed by atoms with van der Waals surface area (Å²) in [6.45, 7) is 9.61. The molecule has 2 aromatic carbocycles. The van der Waals surface area contributed by atoms with Crippen molar-refractivity contribution in [2.24, 2.45) is 0 Å². The number of anilines is 1. The molecule has 0 radical (unpaired) electrons. The maximum atomic E-state index is 5.88. The van der Waals surface area contributed by atoms with Gasteiger partial charge >= 0.3 is 0 Å². The summed E-state index contributed by atoms with van der Waals surface area (Å²) in [6.07, 6.45) is 1.16. The van der Waals surface area contributed by atoms with Gasteiger partial charge in [-0.25, -0.2) is 0 Å². The van der Waals surface area contributed by atoms with Gasteiger partial charge < -0.3 is 5.73 Å². The van der Waals surface area contributed by atoms with Crippen molar-refractivity contribution < 1.29 is 0 Å². The Bertz CT molecular complexity index is 590. The Balaban J connectivity index is 2.09. The van der Waals surface area contributed by atoms with Crippen LogP contribution in [0.15, 0.2) is 42.5 Å². The molecule has 0 spiro atoms. The lowest BCUT2D eigenvalue weighted by Gasteiger charge is -2.22. The maximum Gasteiger partial charge on any atom is 0.0317 e. The van der Waals surface area contributed by atoms with Crippen LogP contribution < -0.4 is 5.73 Å². The molecule has 2 N–H and O–H groups in total. The molecular formula is C19H26N2. The lowest BCUT2D eigenvalue weighted by Crippen LogP contribution is -2.23. The molecule has 0 fully saturated rings. The molecule has 0 atom stereocenters. The van der Waals surface area contributed by atoms with E-state index in [0.717, 1.165) is 31.7 Å². The molecule has 2 rings (SSSR count). The van der Waals surface area contributed by atoms with Gasteiger partial charge in [0, 0.05) is 18.8 Å². The van der Waals surface area contributed by atoms with Crippen molar-refractivity contribution in [2.45, 2.75) is 40.3 Å². The van der Waals surface area contributed by atoms with Crippen molar-refractivity contribution in [2.75, 3.05) is 12.3 Å². The topological polar surface area (TPSA) is 29.3 Å². The van der Waals surface area contributed by atoms with E-state index in [-0.39, 0.29) is 0 Å². The maximum absolute atomic E-state index is 5.88. The highest BCUT2D eigenvalue weighted by Gasteiger charge is 2.07.